The lowest BCUT2D eigenvalue weighted by Crippen LogP contribution is -2.19. The van der Waals surface area contributed by atoms with Crippen molar-refractivity contribution in [3.05, 3.63) is 51.8 Å². The number of carbonyl (C=O) groups excluding carboxylic acids is 1. The molecule has 1 N–H and O–H groups in total. The van der Waals surface area contributed by atoms with E-state index in [4.69, 9.17) is 0 Å². The molecule has 0 unspecified atom stereocenters. The normalized spacial score (nSPS) is 27.4. The molecule has 0 saturated heterocycles. The van der Waals surface area contributed by atoms with Gasteiger partial charge in [-0.1, -0.05) is 19.1 Å². The second-order valence-corrected chi connectivity index (χ2v) is 10.7. The Morgan fingerprint density at radius 3 is 2.54 bits per heavy atom. The van der Waals surface area contributed by atoms with Crippen molar-refractivity contribution in [3.63, 3.8) is 0 Å². The number of hydrogen-bond acceptors (Lipinski definition) is 3. The molecular weight excluding hydrogens is 457 g/mol. The number of aromatic nitrogens is 2. The van der Waals surface area contributed by atoms with Crippen LogP contribution in [0.4, 0.5) is 13.2 Å². The number of fused-ring (bicyclic) bond motifs is 3. The maximum atomic E-state index is 13.3. The van der Waals surface area contributed by atoms with Crippen LogP contribution in [0.3, 0.4) is 0 Å². The number of rotatable bonds is 7. The van der Waals surface area contributed by atoms with Crippen LogP contribution in [0.25, 0.3) is 0 Å². The largest absolute Gasteiger partial charge is 0.476 e. The molecule has 5 rings (SSSR count). The predicted molar refractivity (Wildman–Crippen MR) is 123 cm³/mol. The smallest absolute Gasteiger partial charge is 0.416 e. The van der Waals surface area contributed by atoms with Gasteiger partial charge in [-0.3, -0.25) is 9.48 Å². The minimum Gasteiger partial charge on any atom is -0.476 e. The lowest BCUT2D eigenvalue weighted by Gasteiger charge is -2.30. The highest BCUT2D eigenvalue weighted by molar-refractivity contribution is 5.88. The van der Waals surface area contributed by atoms with Crippen LogP contribution in [-0.4, -0.2) is 26.6 Å². The molecular formula is C27H31F3N2O3. The van der Waals surface area contributed by atoms with E-state index in [2.05, 4.69) is 12.0 Å². The van der Waals surface area contributed by atoms with Crippen molar-refractivity contribution in [2.45, 2.75) is 83.4 Å². The average molecular weight is 489 g/mol. The first-order valence-electron chi connectivity index (χ1n) is 12.6. The van der Waals surface area contributed by atoms with E-state index in [-0.39, 0.29) is 29.9 Å². The van der Waals surface area contributed by atoms with Crippen LogP contribution in [0.5, 0.6) is 0 Å². The summed E-state index contributed by atoms with van der Waals surface area (Å²) in [6.07, 6.45) is 1.09. The van der Waals surface area contributed by atoms with Crippen molar-refractivity contribution in [3.8, 4) is 0 Å². The van der Waals surface area contributed by atoms with Crippen LogP contribution in [0.15, 0.2) is 18.2 Å². The van der Waals surface area contributed by atoms with Crippen LogP contribution < -0.4 is 0 Å². The third-order valence-corrected chi connectivity index (χ3v) is 8.75. The molecule has 3 aliphatic carbocycles. The lowest BCUT2D eigenvalue weighted by atomic mass is 9.75. The molecule has 188 valence electrons. The summed E-state index contributed by atoms with van der Waals surface area (Å²) in [4.78, 5) is 24.4. The number of Topliss-reactive ketones (excluding diaryl/α,β-unsaturated/α-hetero) is 1. The number of ketones is 1. The summed E-state index contributed by atoms with van der Waals surface area (Å²) in [6, 6.07) is 4.47. The average Bonchev–Trinajstić information content (AvgIpc) is 3.11. The number of nitrogens with zero attached hydrogens (tertiary/aromatic N) is 2. The van der Waals surface area contributed by atoms with Gasteiger partial charge in [0.2, 0.25) is 0 Å². The van der Waals surface area contributed by atoms with Gasteiger partial charge < -0.3 is 5.11 Å². The molecule has 3 atom stereocenters. The number of benzene rings is 1. The zero-order chi connectivity index (χ0) is 25.1. The Labute approximate surface area is 202 Å². The summed E-state index contributed by atoms with van der Waals surface area (Å²) in [7, 11) is 0. The van der Waals surface area contributed by atoms with Crippen LogP contribution >= 0.6 is 0 Å². The standard InChI is InChI=1S/C27H31F3N2O3/c1-14-19(4-3-5-21(14)27(28,29)30)17-9-6-16(7-10-17)8-11-18(33)13-32-22-12-20-15(2)23(20)24(22)25(31-32)26(34)35/h3-5,15-17,20,23H,6-13H2,1-2H3,(H,34,35)/t15-,16?,17?,20+,23-/m1/s1. The molecule has 0 bridgehead atoms. The fourth-order valence-corrected chi connectivity index (χ4v) is 6.70. The maximum absolute atomic E-state index is 13.3. The molecule has 1 heterocycles. The van der Waals surface area contributed by atoms with Crippen molar-refractivity contribution in [2.75, 3.05) is 0 Å². The highest BCUT2D eigenvalue weighted by atomic mass is 19.4. The van der Waals surface area contributed by atoms with Crippen LogP contribution in [-0.2, 0) is 23.9 Å². The Hall–Kier alpha value is -2.64. The third kappa shape index (κ3) is 4.40. The summed E-state index contributed by atoms with van der Waals surface area (Å²) < 4.78 is 41.4. The molecule has 3 aliphatic rings. The molecule has 2 saturated carbocycles. The number of halogens is 3. The topological polar surface area (TPSA) is 72.2 Å². The van der Waals surface area contributed by atoms with E-state index < -0.39 is 17.7 Å². The molecule has 35 heavy (non-hydrogen) atoms. The molecule has 0 spiro atoms. The lowest BCUT2D eigenvalue weighted by molar-refractivity contribution is -0.138. The van der Waals surface area contributed by atoms with Crippen molar-refractivity contribution >= 4 is 11.8 Å². The summed E-state index contributed by atoms with van der Waals surface area (Å²) in [5.74, 6) is 0.779. The minimum absolute atomic E-state index is 0.0525. The van der Waals surface area contributed by atoms with Gasteiger partial charge >= 0.3 is 12.1 Å². The van der Waals surface area contributed by atoms with E-state index in [1.54, 1.807) is 11.6 Å². The van der Waals surface area contributed by atoms with Gasteiger partial charge in [-0.15, -0.1) is 0 Å². The minimum atomic E-state index is -4.34. The molecule has 1 aromatic heterocycles. The van der Waals surface area contributed by atoms with E-state index in [1.165, 1.54) is 6.07 Å². The van der Waals surface area contributed by atoms with E-state index in [0.717, 1.165) is 61.4 Å². The Bertz CT molecular complexity index is 1160. The summed E-state index contributed by atoms with van der Waals surface area (Å²) in [5, 5.41) is 13.8. The number of carbonyl (C=O) groups is 2. The summed E-state index contributed by atoms with van der Waals surface area (Å²) in [5.41, 5.74) is 2.44. The summed E-state index contributed by atoms with van der Waals surface area (Å²) in [6.45, 7) is 3.81. The van der Waals surface area contributed by atoms with E-state index in [1.807, 2.05) is 6.07 Å². The molecule has 0 radical (unpaired) electrons. The van der Waals surface area contributed by atoms with Gasteiger partial charge in [0.05, 0.1) is 12.1 Å². The van der Waals surface area contributed by atoms with Gasteiger partial charge in [-0.25, -0.2) is 4.79 Å². The van der Waals surface area contributed by atoms with E-state index >= 15 is 0 Å². The first-order chi connectivity index (χ1) is 16.6. The van der Waals surface area contributed by atoms with Crippen molar-refractivity contribution in [1.82, 2.24) is 9.78 Å². The molecule has 0 amide bonds. The fourth-order valence-electron chi connectivity index (χ4n) is 6.70. The van der Waals surface area contributed by atoms with Crippen LogP contribution in [0.1, 0.15) is 95.7 Å². The second-order valence-electron chi connectivity index (χ2n) is 10.7. The van der Waals surface area contributed by atoms with Crippen LogP contribution in [0.2, 0.25) is 0 Å². The fraction of sp³-hybridized carbons (Fsp3) is 0.593. The first kappa shape index (κ1) is 24.1. The van der Waals surface area contributed by atoms with Gasteiger partial charge in [0.15, 0.2) is 11.5 Å². The van der Waals surface area contributed by atoms with Gasteiger partial charge in [0.1, 0.15) is 0 Å². The van der Waals surface area contributed by atoms with Crippen molar-refractivity contribution in [1.29, 1.82) is 0 Å². The number of alkyl halides is 3. The van der Waals surface area contributed by atoms with Gasteiger partial charge in [-0.2, -0.15) is 18.3 Å². The predicted octanol–water partition coefficient (Wildman–Crippen LogP) is 6.14. The zero-order valence-electron chi connectivity index (χ0n) is 20.1. The maximum Gasteiger partial charge on any atom is 0.416 e. The monoisotopic (exact) mass is 488 g/mol. The van der Waals surface area contributed by atoms with E-state index in [9.17, 15) is 27.9 Å². The van der Waals surface area contributed by atoms with Crippen molar-refractivity contribution in [2.24, 2.45) is 17.8 Å². The highest BCUT2D eigenvalue weighted by Gasteiger charge is 2.56. The molecule has 8 heteroatoms. The highest BCUT2D eigenvalue weighted by Crippen LogP contribution is 2.62. The number of carboxylic acids is 1. The first-order valence-corrected chi connectivity index (χ1v) is 12.6. The third-order valence-electron chi connectivity index (χ3n) is 8.75. The van der Waals surface area contributed by atoms with Gasteiger partial charge in [0.25, 0.3) is 0 Å². The molecule has 2 fully saturated rings. The zero-order valence-corrected chi connectivity index (χ0v) is 20.1. The SMILES string of the molecule is Cc1c(C2CCC(CCC(=O)Cn3nc(C(=O)O)c4c3C[C@H]3[C@@H](C)[C@@H]43)CC2)cccc1C(F)(F)F. The Morgan fingerprint density at radius 1 is 1.17 bits per heavy atom. The number of carboxylic acid groups (broad SMARTS) is 1. The Kier molecular flexibility index (Phi) is 6.04. The van der Waals surface area contributed by atoms with Crippen LogP contribution in [0, 0.1) is 24.7 Å². The molecule has 2 aromatic rings. The van der Waals surface area contributed by atoms with E-state index in [0.29, 0.717) is 29.7 Å². The molecule has 5 nitrogen and oxygen atoms in total. The Morgan fingerprint density at radius 2 is 1.89 bits per heavy atom. The Balaban J connectivity index is 1.15. The molecule has 1 aromatic carbocycles. The number of hydrogen-bond donors (Lipinski definition) is 1. The second kappa shape index (κ2) is 8.79. The quantitative estimate of drug-likeness (QED) is 0.508. The number of aromatic carboxylic acids is 1. The van der Waals surface area contributed by atoms with Gasteiger partial charge in [-0.05, 0) is 92.2 Å². The molecule has 0 aliphatic heterocycles. The summed E-state index contributed by atoms with van der Waals surface area (Å²) >= 11 is 0. The van der Waals surface area contributed by atoms with Gasteiger partial charge in [0, 0.05) is 17.7 Å². The van der Waals surface area contributed by atoms with Crippen molar-refractivity contribution < 1.29 is 27.9 Å².